The summed E-state index contributed by atoms with van der Waals surface area (Å²) in [6.45, 7) is 1.70. The number of amides is 4. The van der Waals surface area contributed by atoms with Crippen LogP contribution in [0.1, 0.15) is 17.6 Å². The van der Waals surface area contributed by atoms with Crippen LogP contribution in [0.2, 0.25) is 0 Å². The molecule has 0 spiro atoms. The van der Waals surface area contributed by atoms with Crippen LogP contribution in [0, 0.1) is 0 Å². The van der Waals surface area contributed by atoms with E-state index in [9.17, 15) is 14.4 Å². The Hall–Kier alpha value is -2.61. The molecule has 2 N–H and O–H groups in total. The summed E-state index contributed by atoms with van der Waals surface area (Å²) in [5, 5.41) is 7.28. The number of hydrogen-bond donors (Lipinski definition) is 2. The maximum atomic E-state index is 12.5. The quantitative estimate of drug-likeness (QED) is 0.774. The Morgan fingerprint density at radius 3 is 2.88 bits per heavy atom. The first-order valence-electron chi connectivity index (χ1n) is 7.48. The van der Waals surface area contributed by atoms with Gasteiger partial charge in [-0.2, -0.15) is 0 Å². The molecule has 126 valence electrons. The first-order chi connectivity index (χ1) is 11.5. The number of urea groups is 1. The number of thiophene rings is 1. The zero-order valence-corrected chi connectivity index (χ0v) is 13.9. The Bertz CT molecular complexity index is 741. The van der Waals surface area contributed by atoms with Gasteiger partial charge in [-0.05, 0) is 36.9 Å². The van der Waals surface area contributed by atoms with Crippen LogP contribution in [0.3, 0.4) is 0 Å². The van der Waals surface area contributed by atoms with Gasteiger partial charge in [-0.15, -0.1) is 11.3 Å². The molecular weight excluding hydrogens is 330 g/mol. The molecule has 2 aromatic heterocycles. The van der Waals surface area contributed by atoms with Crippen molar-refractivity contribution in [2.75, 3.05) is 13.1 Å². The number of rotatable bonds is 6. The highest BCUT2D eigenvalue weighted by molar-refractivity contribution is 7.09. The summed E-state index contributed by atoms with van der Waals surface area (Å²) in [4.78, 5) is 38.7. The lowest BCUT2D eigenvalue weighted by molar-refractivity contribution is -0.135. The van der Waals surface area contributed by atoms with Crippen LogP contribution >= 0.6 is 11.3 Å². The molecule has 8 heteroatoms. The molecule has 3 rings (SSSR count). The molecule has 0 radical (unpaired) electrons. The lowest BCUT2D eigenvalue weighted by atomic mass is 9.99. The molecule has 1 aliphatic heterocycles. The second-order valence-corrected chi connectivity index (χ2v) is 6.64. The van der Waals surface area contributed by atoms with Gasteiger partial charge < -0.3 is 15.1 Å². The predicted molar refractivity (Wildman–Crippen MR) is 87.3 cm³/mol. The maximum Gasteiger partial charge on any atom is 0.325 e. The number of nitrogens with zero attached hydrogens (tertiary/aromatic N) is 1. The van der Waals surface area contributed by atoms with Gasteiger partial charge in [0.05, 0.1) is 6.26 Å². The van der Waals surface area contributed by atoms with E-state index in [2.05, 4.69) is 10.6 Å². The normalized spacial score (nSPS) is 20.3. The van der Waals surface area contributed by atoms with Gasteiger partial charge in [0.15, 0.2) is 5.54 Å². The lowest BCUT2D eigenvalue weighted by Crippen LogP contribution is -2.43. The third-order valence-electron chi connectivity index (χ3n) is 3.86. The van der Waals surface area contributed by atoms with E-state index in [1.807, 2.05) is 17.5 Å². The molecule has 0 aliphatic carbocycles. The van der Waals surface area contributed by atoms with Crippen LogP contribution in [0.15, 0.2) is 40.3 Å². The van der Waals surface area contributed by atoms with Crippen LogP contribution in [-0.4, -0.2) is 35.8 Å². The number of nitrogens with one attached hydrogen (secondary N) is 2. The Kier molecular flexibility index (Phi) is 4.39. The molecule has 1 atom stereocenters. The summed E-state index contributed by atoms with van der Waals surface area (Å²) < 4.78 is 5.24. The molecule has 0 saturated carbocycles. The first-order valence-corrected chi connectivity index (χ1v) is 8.36. The van der Waals surface area contributed by atoms with Gasteiger partial charge in [-0.3, -0.25) is 14.5 Å². The first kappa shape index (κ1) is 16.3. The molecular formula is C16H17N3O4S. The minimum absolute atomic E-state index is 0.314. The molecule has 2 aromatic rings. The largest absolute Gasteiger partial charge is 0.466 e. The van der Waals surface area contributed by atoms with Crippen molar-refractivity contribution in [2.24, 2.45) is 0 Å². The summed E-state index contributed by atoms with van der Waals surface area (Å²) >= 11 is 1.62. The van der Waals surface area contributed by atoms with Gasteiger partial charge in [0.1, 0.15) is 12.3 Å². The van der Waals surface area contributed by atoms with Gasteiger partial charge in [-0.1, -0.05) is 6.07 Å². The fraction of sp³-hybridized carbons (Fsp3) is 0.312. The smallest absolute Gasteiger partial charge is 0.325 e. The van der Waals surface area contributed by atoms with E-state index in [4.69, 9.17) is 4.42 Å². The van der Waals surface area contributed by atoms with E-state index in [0.29, 0.717) is 18.7 Å². The Morgan fingerprint density at radius 2 is 2.21 bits per heavy atom. The minimum Gasteiger partial charge on any atom is -0.466 e. The second-order valence-electron chi connectivity index (χ2n) is 5.60. The standard InChI is InChI=1S/C16H17N3O4S/c1-16(12-5-2-8-23-12)14(21)19(15(22)18-16)10-13(20)17-7-6-11-4-3-9-24-11/h2-5,8-9H,6-7,10H2,1H3,(H,17,20)(H,18,22)/t16-/m1/s1. The highest BCUT2D eigenvalue weighted by Gasteiger charge is 2.51. The minimum atomic E-state index is -1.28. The average molecular weight is 347 g/mol. The van der Waals surface area contributed by atoms with Crippen LogP contribution < -0.4 is 10.6 Å². The molecule has 1 saturated heterocycles. The Labute approximate surface area is 142 Å². The van der Waals surface area contributed by atoms with Crippen molar-refractivity contribution in [3.05, 3.63) is 46.5 Å². The van der Waals surface area contributed by atoms with Crippen LogP contribution in [0.25, 0.3) is 0 Å². The monoisotopic (exact) mass is 347 g/mol. The highest BCUT2D eigenvalue weighted by atomic mass is 32.1. The van der Waals surface area contributed by atoms with Crippen LogP contribution in [0.5, 0.6) is 0 Å². The zero-order chi connectivity index (χ0) is 17.2. The van der Waals surface area contributed by atoms with Crippen molar-refractivity contribution in [2.45, 2.75) is 18.9 Å². The molecule has 3 heterocycles. The Morgan fingerprint density at radius 1 is 1.38 bits per heavy atom. The van der Waals surface area contributed by atoms with E-state index in [-0.39, 0.29) is 12.5 Å². The number of carbonyl (C=O) groups excluding carboxylic acids is 3. The van der Waals surface area contributed by atoms with Gasteiger partial charge in [-0.25, -0.2) is 4.79 Å². The van der Waals surface area contributed by atoms with Gasteiger partial charge in [0.25, 0.3) is 5.91 Å². The third kappa shape index (κ3) is 3.05. The molecule has 0 aromatic carbocycles. The highest BCUT2D eigenvalue weighted by Crippen LogP contribution is 2.28. The SMILES string of the molecule is C[C@]1(c2ccco2)NC(=O)N(CC(=O)NCCc2cccs2)C1=O. The van der Waals surface area contributed by atoms with Crippen LogP contribution in [0.4, 0.5) is 4.79 Å². The molecule has 1 aliphatic rings. The van der Waals surface area contributed by atoms with E-state index in [1.165, 1.54) is 6.26 Å². The molecule has 1 fully saturated rings. The van der Waals surface area contributed by atoms with E-state index in [1.54, 1.807) is 30.4 Å². The zero-order valence-electron chi connectivity index (χ0n) is 13.1. The van der Waals surface area contributed by atoms with E-state index < -0.39 is 17.5 Å². The fourth-order valence-electron chi connectivity index (χ4n) is 2.55. The second kappa shape index (κ2) is 6.48. The molecule has 0 bridgehead atoms. The molecule has 0 unspecified atom stereocenters. The Balaban J connectivity index is 1.57. The average Bonchev–Trinajstić information content (AvgIpc) is 3.27. The van der Waals surface area contributed by atoms with Crippen molar-refractivity contribution in [1.29, 1.82) is 0 Å². The van der Waals surface area contributed by atoms with Crippen molar-refractivity contribution >= 4 is 29.2 Å². The summed E-state index contributed by atoms with van der Waals surface area (Å²) in [6.07, 6.45) is 2.15. The van der Waals surface area contributed by atoms with Crippen molar-refractivity contribution in [3.8, 4) is 0 Å². The molecule has 4 amide bonds. The topological polar surface area (TPSA) is 91.7 Å². The number of furan rings is 1. The van der Waals surface area contributed by atoms with Crippen molar-refractivity contribution in [1.82, 2.24) is 15.5 Å². The fourth-order valence-corrected chi connectivity index (χ4v) is 3.26. The summed E-state index contributed by atoms with van der Waals surface area (Å²) in [7, 11) is 0. The lowest BCUT2D eigenvalue weighted by Gasteiger charge is -2.18. The van der Waals surface area contributed by atoms with Gasteiger partial charge in [0, 0.05) is 11.4 Å². The number of hydrogen-bond acceptors (Lipinski definition) is 5. The van der Waals surface area contributed by atoms with Gasteiger partial charge in [0.2, 0.25) is 5.91 Å². The predicted octanol–water partition coefficient (Wildman–Crippen LogP) is 1.47. The van der Waals surface area contributed by atoms with Gasteiger partial charge >= 0.3 is 6.03 Å². The van der Waals surface area contributed by atoms with Crippen LogP contribution in [-0.2, 0) is 21.5 Å². The third-order valence-corrected chi connectivity index (χ3v) is 4.80. The van der Waals surface area contributed by atoms with E-state index in [0.717, 1.165) is 9.78 Å². The van der Waals surface area contributed by atoms with Crippen molar-refractivity contribution < 1.29 is 18.8 Å². The summed E-state index contributed by atoms with van der Waals surface area (Å²) in [5.74, 6) is -0.545. The summed E-state index contributed by atoms with van der Waals surface area (Å²) in [5.41, 5.74) is -1.28. The number of imide groups is 1. The molecule has 24 heavy (non-hydrogen) atoms. The van der Waals surface area contributed by atoms with Crippen molar-refractivity contribution in [3.63, 3.8) is 0 Å². The van der Waals surface area contributed by atoms with E-state index >= 15 is 0 Å². The summed E-state index contributed by atoms with van der Waals surface area (Å²) in [6, 6.07) is 6.59. The number of carbonyl (C=O) groups is 3. The molecule has 7 nitrogen and oxygen atoms in total. The maximum absolute atomic E-state index is 12.5.